The van der Waals surface area contributed by atoms with Crippen LogP contribution in [0.2, 0.25) is 0 Å². The van der Waals surface area contributed by atoms with E-state index in [1.165, 1.54) is 12.8 Å². The topological polar surface area (TPSA) is 65.2 Å². The Balaban J connectivity index is 2.13. The lowest BCUT2D eigenvalue weighted by molar-refractivity contribution is 0.0675. The second kappa shape index (κ2) is 6.70. The number of pyridine rings is 1. The maximum atomic E-state index is 12.6. The van der Waals surface area contributed by atoms with Crippen molar-refractivity contribution in [2.75, 3.05) is 13.1 Å². The molecule has 1 aliphatic heterocycles. The van der Waals surface area contributed by atoms with Crippen molar-refractivity contribution in [3.63, 3.8) is 0 Å². The molecular formula is C15H23N3O2. The SMILES string of the molecule is CC(C)N(CC1CCCCN1)C(=O)c1ccc[nH]c1=O. The highest BCUT2D eigenvalue weighted by Crippen LogP contribution is 2.12. The third-order valence-corrected chi connectivity index (χ3v) is 3.76. The Kier molecular flexibility index (Phi) is 4.95. The monoisotopic (exact) mass is 277 g/mol. The van der Waals surface area contributed by atoms with Crippen molar-refractivity contribution in [2.24, 2.45) is 0 Å². The van der Waals surface area contributed by atoms with Gasteiger partial charge in [0, 0.05) is 24.8 Å². The Bertz CT molecular complexity index is 504. The molecule has 1 saturated heterocycles. The van der Waals surface area contributed by atoms with Gasteiger partial charge < -0.3 is 15.2 Å². The lowest BCUT2D eigenvalue weighted by atomic mass is 10.0. The van der Waals surface area contributed by atoms with E-state index in [4.69, 9.17) is 0 Å². The molecule has 110 valence electrons. The zero-order chi connectivity index (χ0) is 14.5. The maximum Gasteiger partial charge on any atom is 0.260 e. The number of piperidine rings is 1. The molecule has 5 heteroatoms. The molecule has 2 N–H and O–H groups in total. The predicted octanol–water partition coefficient (Wildman–Crippen LogP) is 1.37. The van der Waals surface area contributed by atoms with Crippen LogP contribution in [0.4, 0.5) is 0 Å². The highest BCUT2D eigenvalue weighted by Gasteiger charge is 2.24. The summed E-state index contributed by atoms with van der Waals surface area (Å²) in [5.41, 5.74) is -0.100. The number of H-pyrrole nitrogens is 1. The van der Waals surface area contributed by atoms with Crippen LogP contribution in [0.15, 0.2) is 23.1 Å². The van der Waals surface area contributed by atoms with Gasteiger partial charge in [0.15, 0.2) is 0 Å². The molecule has 0 aromatic carbocycles. The molecule has 2 heterocycles. The molecule has 1 amide bonds. The van der Waals surface area contributed by atoms with Crippen LogP contribution < -0.4 is 10.9 Å². The summed E-state index contributed by atoms with van der Waals surface area (Å²) in [5.74, 6) is -0.186. The summed E-state index contributed by atoms with van der Waals surface area (Å²) < 4.78 is 0. The molecule has 0 saturated carbocycles. The van der Waals surface area contributed by atoms with Gasteiger partial charge in [0.25, 0.3) is 11.5 Å². The first-order chi connectivity index (χ1) is 9.59. The van der Waals surface area contributed by atoms with Crippen molar-refractivity contribution in [3.8, 4) is 0 Å². The summed E-state index contributed by atoms with van der Waals surface area (Å²) in [7, 11) is 0. The van der Waals surface area contributed by atoms with E-state index in [0.717, 1.165) is 13.0 Å². The normalized spacial score (nSPS) is 19.1. The summed E-state index contributed by atoms with van der Waals surface area (Å²) in [6.45, 7) is 5.64. The molecule has 1 aromatic rings. The molecule has 5 nitrogen and oxygen atoms in total. The summed E-state index contributed by atoms with van der Waals surface area (Å²) in [6, 6.07) is 3.68. The fraction of sp³-hybridized carbons (Fsp3) is 0.600. The third-order valence-electron chi connectivity index (χ3n) is 3.76. The number of nitrogens with one attached hydrogen (secondary N) is 2. The van der Waals surface area contributed by atoms with E-state index in [-0.39, 0.29) is 23.1 Å². The Morgan fingerprint density at radius 3 is 2.85 bits per heavy atom. The van der Waals surface area contributed by atoms with Crippen molar-refractivity contribution < 1.29 is 4.79 Å². The van der Waals surface area contributed by atoms with Gasteiger partial charge in [-0.2, -0.15) is 0 Å². The largest absolute Gasteiger partial charge is 0.334 e. The Morgan fingerprint density at radius 1 is 1.45 bits per heavy atom. The molecule has 2 rings (SSSR count). The number of hydrogen-bond acceptors (Lipinski definition) is 3. The Morgan fingerprint density at radius 2 is 2.25 bits per heavy atom. The number of carbonyl (C=O) groups excluding carboxylic acids is 1. The van der Waals surface area contributed by atoms with Crippen LogP contribution in [0.25, 0.3) is 0 Å². The zero-order valence-corrected chi connectivity index (χ0v) is 12.2. The number of aromatic nitrogens is 1. The first kappa shape index (κ1) is 14.8. The number of rotatable bonds is 4. The van der Waals surface area contributed by atoms with Gasteiger partial charge in [0.1, 0.15) is 5.56 Å². The van der Waals surface area contributed by atoms with Crippen LogP contribution in [0, 0.1) is 0 Å². The number of amides is 1. The van der Waals surface area contributed by atoms with E-state index in [1.54, 1.807) is 23.2 Å². The summed E-state index contributed by atoms with van der Waals surface area (Å²) in [4.78, 5) is 28.7. The van der Waals surface area contributed by atoms with Crippen molar-refractivity contribution in [1.82, 2.24) is 15.2 Å². The van der Waals surface area contributed by atoms with Gasteiger partial charge >= 0.3 is 0 Å². The maximum absolute atomic E-state index is 12.6. The minimum atomic E-state index is -0.320. The molecule has 1 aromatic heterocycles. The molecule has 0 aliphatic carbocycles. The van der Waals surface area contributed by atoms with Gasteiger partial charge in [-0.15, -0.1) is 0 Å². The van der Waals surface area contributed by atoms with Crippen LogP contribution in [0.5, 0.6) is 0 Å². The molecule has 0 spiro atoms. The van der Waals surface area contributed by atoms with E-state index >= 15 is 0 Å². The van der Waals surface area contributed by atoms with Gasteiger partial charge in [0.05, 0.1) is 0 Å². The standard InChI is InChI=1S/C15H23N3O2/c1-11(2)18(10-12-6-3-4-8-16-12)15(20)13-7-5-9-17-14(13)19/h5,7,9,11-12,16H,3-4,6,8,10H2,1-2H3,(H,17,19). The fourth-order valence-corrected chi connectivity index (χ4v) is 2.59. The average Bonchev–Trinajstić information content (AvgIpc) is 2.45. The van der Waals surface area contributed by atoms with E-state index in [2.05, 4.69) is 10.3 Å². The molecular weight excluding hydrogens is 254 g/mol. The number of aromatic amines is 1. The molecule has 1 fully saturated rings. The van der Waals surface area contributed by atoms with Crippen molar-refractivity contribution in [2.45, 2.75) is 45.2 Å². The van der Waals surface area contributed by atoms with Gasteiger partial charge in [-0.25, -0.2) is 0 Å². The molecule has 1 aliphatic rings. The van der Waals surface area contributed by atoms with Crippen LogP contribution >= 0.6 is 0 Å². The second-order valence-corrected chi connectivity index (χ2v) is 5.61. The van der Waals surface area contributed by atoms with Crippen LogP contribution in [0.1, 0.15) is 43.5 Å². The number of carbonyl (C=O) groups is 1. The molecule has 0 bridgehead atoms. The zero-order valence-electron chi connectivity index (χ0n) is 12.2. The number of hydrogen-bond donors (Lipinski definition) is 2. The van der Waals surface area contributed by atoms with E-state index in [1.807, 2.05) is 13.8 Å². The first-order valence-electron chi connectivity index (χ1n) is 7.31. The predicted molar refractivity (Wildman–Crippen MR) is 78.9 cm³/mol. The molecule has 1 atom stereocenters. The fourth-order valence-electron chi connectivity index (χ4n) is 2.59. The van der Waals surface area contributed by atoms with Crippen LogP contribution in [0.3, 0.4) is 0 Å². The highest BCUT2D eigenvalue weighted by atomic mass is 16.2. The lowest BCUT2D eigenvalue weighted by Crippen LogP contribution is -2.49. The van der Waals surface area contributed by atoms with Gasteiger partial charge in [-0.3, -0.25) is 9.59 Å². The quantitative estimate of drug-likeness (QED) is 0.873. The van der Waals surface area contributed by atoms with Crippen molar-refractivity contribution in [3.05, 3.63) is 34.2 Å². The van der Waals surface area contributed by atoms with Gasteiger partial charge in [0.2, 0.25) is 0 Å². The molecule has 1 unspecified atom stereocenters. The van der Waals surface area contributed by atoms with Gasteiger partial charge in [-0.1, -0.05) is 6.42 Å². The third kappa shape index (κ3) is 3.48. The minimum absolute atomic E-state index is 0.0748. The smallest absolute Gasteiger partial charge is 0.260 e. The summed E-state index contributed by atoms with van der Waals surface area (Å²) in [5, 5.41) is 3.45. The molecule has 20 heavy (non-hydrogen) atoms. The number of nitrogens with zero attached hydrogens (tertiary/aromatic N) is 1. The van der Waals surface area contributed by atoms with Crippen molar-refractivity contribution >= 4 is 5.91 Å². The summed E-state index contributed by atoms with van der Waals surface area (Å²) >= 11 is 0. The lowest BCUT2D eigenvalue weighted by Gasteiger charge is -2.33. The second-order valence-electron chi connectivity index (χ2n) is 5.61. The van der Waals surface area contributed by atoms with Crippen LogP contribution in [-0.4, -0.2) is 41.0 Å². The highest BCUT2D eigenvalue weighted by molar-refractivity contribution is 5.94. The molecule has 0 radical (unpaired) electrons. The van der Waals surface area contributed by atoms with E-state index in [9.17, 15) is 9.59 Å². The Hall–Kier alpha value is -1.62. The van der Waals surface area contributed by atoms with E-state index in [0.29, 0.717) is 12.6 Å². The summed E-state index contributed by atoms with van der Waals surface area (Å²) in [6.07, 6.45) is 5.03. The van der Waals surface area contributed by atoms with E-state index < -0.39 is 0 Å². The minimum Gasteiger partial charge on any atom is -0.334 e. The van der Waals surface area contributed by atoms with Crippen molar-refractivity contribution in [1.29, 1.82) is 0 Å². The Labute approximate surface area is 119 Å². The average molecular weight is 277 g/mol. The van der Waals surface area contributed by atoms with Crippen LogP contribution in [-0.2, 0) is 0 Å². The van der Waals surface area contributed by atoms with Gasteiger partial charge in [-0.05, 0) is 45.4 Å². The first-order valence-corrected chi connectivity index (χ1v) is 7.31.